The zero-order valence-corrected chi connectivity index (χ0v) is 19.6. The first-order chi connectivity index (χ1) is 16.1. The second kappa shape index (κ2) is 9.43. The van der Waals surface area contributed by atoms with Crippen molar-refractivity contribution in [1.82, 2.24) is 25.1 Å². The molecule has 3 heterocycles. The molecular weight excluding hydrogens is 438 g/mol. The number of thioether (sulfide) groups is 1. The lowest BCUT2D eigenvalue weighted by molar-refractivity contribution is -0.118. The summed E-state index contributed by atoms with van der Waals surface area (Å²) in [6.07, 6.45) is 6.78. The summed E-state index contributed by atoms with van der Waals surface area (Å²) in [4.78, 5) is 16.8. The molecule has 0 spiro atoms. The number of fused-ring (bicyclic) bond motifs is 1. The van der Waals surface area contributed by atoms with Crippen LogP contribution in [-0.4, -0.2) is 44.1 Å². The lowest BCUT2D eigenvalue weighted by atomic mass is 10.1. The van der Waals surface area contributed by atoms with Gasteiger partial charge in [0.2, 0.25) is 5.91 Å². The second-order valence-electron chi connectivity index (χ2n) is 8.35. The summed E-state index contributed by atoms with van der Waals surface area (Å²) < 4.78 is 13.8. The summed E-state index contributed by atoms with van der Waals surface area (Å²) in [7, 11) is 0. The van der Waals surface area contributed by atoms with Crippen LogP contribution in [0.2, 0.25) is 0 Å². The maximum absolute atomic E-state index is 12.6. The van der Waals surface area contributed by atoms with Gasteiger partial charge in [0.25, 0.3) is 0 Å². The van der Waals surface area contributed by atoms with E-state index in [0.717, 1.165) is 58.4 Å². The average Bonchev–Trinajstić information content (AvgIpc) is 3.46. The van der Waals surface area contributed by atoms with Gasteiger partial charge in [-0.05, 0) is 51.0 Å². The maximum atomic E-state index is 12.6. The van der Waals surface area contributed by atoms with Gasteiger partial charge in [0.1, 0.15) is 17.6 Å². The number of hydrogen-bond donors (Lipinski definition) is 1. The second-order valence-corrected chi connectivity index (χ2v) is 9.29. The zero-order chi connectivity index (χ0) is 22.8. The zero-order valence-electron chi connectivity index (χ0n) is 18.8. The molecule has 0 unspecified atom stereocenters. The molecule has 1 saturated carbocycles. The van der Waals surface area contributed by atoms with Crippen molar-refractivity contribution in [2.24, 2.45) is 0 Å². The molecule has 8 nitrogen and oxygen atoms in total. The molecule has 33 heavy (non-hydrogen) atoms. The highest BCUT2D eigenvalue weighted by atomic mass is 32.2. The molecule has 172 valence electrons. The van der Waals surface area contributed by atoms with E-state index in [4.69, 9.17) is 9.47 Å². The summed E-state index contributed by atoms with van der Waals surface area (Å²) in [6, 6.07) is 8.29. The van der Waals surface area contributed by atoms with Gasteiger partial charge >= 0.3 is 0 Å². The molecule has 3 aromatic rings. The number of carbonyl (C=O) groups excluding carboxylic acids is 1. The van der Waals surface area contributed by atoms with Crippen LogP contribution < -0.4 is 14.8 Å². The normalized spacial score (nSPS) is 16.8. The molecule has 1 aliphatic carbocycles. The molecule has 9 heteroatoms. The minimum absolute atomic E-state index is 0.0643. The van der Waals surface area contributed by atoms with Crippen LogP contribution in [0, 0.1) is 0 Å². The number of amides is 1. The van der Waals surface area contributed by atoms with Crippen LogP contribution in [0.3, 0.4) is 0 Å². The van der Waals surface area contributed by atoms with Gasteiger partial charge in [-0.1, -0.05) is 11.8 Å². The van der Waals surface area contributed by atoms with Gasteiger partial charge in [0.05, 0.1) is 12.4 Å². The predicted octanol–water partition coefficient (Wildman–Crippen LogP) is 3.81. The third kappa shape index (κ3) is 4.83. The Balaban J connectivity index is 1.23. The Labute approximate surface area is 197 Å². The number of ether oxygens (including phenoxy) is 2. The molecule has 1 aromatic carbocycles. The Morgan fingerprint density at radius 2 is 2.21 bits per heavy atom. The number of rotatable bonds is 9. The highest BCUT2D eigenvalue weighted by molar-refractivity contribution is 7.99. The van der Waals surface area contributed by atoms with Crippen molar-refractivity contribution in [3.8, 4) is 22.9 Å². The highest BCUT2D eigenvalue weighted by Gasteiger charge is 2.30. The Hall–Kier alpha value is -3.07. The van der Waals surface area contributed by atoms with Crippen LogP contribution in [-0.2, 0) is 17.8 Å². The van der Waals surface area contributed by atoms with E-state index in [1.54, 1.807) is 12.4 Å². The summed E-state index contributed by atoms with van der Waals surface area (Å²) in [5.41, 5.74) is 3.01. The van der Waals surface area contributed by atoms with E-state index in [1.165, 1.54) is 11.8 Å². The largest absolute Gasteiger partial charge is 0.494 e. The first kappa shape index (κ1) is 21.8. The lowest BCUT2D eigenvalue weighted by Crippen LogP contribution is -2.25. The molecule has 1 atom stereocenters. The van der Waals surface area contributed by atoms with Gasteiger partial charge < -0.3 is 14.8 Å². The van der Waals surface area contributed by atoms with Crippen LogP contribution in [0.1, 0.15) is 43.9 Å². The molecule has 2 aromatic heterocycles. The Morgan fingerprint density at radius 3 is 2.97 bits per heavy atom. The lowest BCUT2D eigenvalue weighted by Gasteiger charge is -2.13. The number of carbonyl (C=O) groups is 1. The fourth-order valence-corrected chi connectivity index (χ4v) is 4.85. The topological polar surface area (TPSA) is 91.2 Å². The standard InChI is InChI=1S/C24H27N5O3S/c1-3-31-20-10-17-9-15(2)32-21(17)11-18(20)13-26-22(30)14-33-24-28-27-23(29(24)19-6-7-19)16-5-4-8-25-12-16/h4-5,8,10-12,15,19H,3,6-7,9,13-14H2,1-2H3,(H,26,30)/t15-/m0/s1. The van der Waals surface area contributed by atoms with Crippen molar-refractivity contribution in [2.75, 3.05) is 12.4 Å². The summed E-state index contributed by atoms with van der Waals surface area (Å²) >= 11 is 1.41. The maximum Gasteiger partial charge on any atom is 0.230 e. The van der Waals surface area contributed by atoms with Crippen molar-refractivity contribution >= 4 is 17.7 Å². The first-order valence-corrected chi connectivity index (χ1v) is 12.3. The fraction of sp³-hybridized carbons (Fsp3) is 0.417. The first-order valence-electron chi connectivity index (χ1n) is 11.3. The number of benzene rings is 1. The van der Waals surface area contributed by atoms with Gasteiger partial charge in [0, 0.05) is 48.1 Å². The van der Waals surface area contributed by atoms with Gasteiger partial charge in [-0.15, -0.1) is 10.2 Å². The van der Waals surface area contributed by atoms with Crippen LogP contribution in [0.4, 0.5) is 0 Å². The van der Waals surface area contributed by atoms with Crippen molar-refractivity contribution in [1.29, 1.82) is 0 Å². The average molecular weight is 466 g/mol. The van der Waals surface area contributed by atoms with E-state index in [2.05, 4.69) is 32.0 Å². The number of pyridine rings is 1. The van der Waals surface area contributed by atoms with Crippen molar-refractivity contribution in [3.63, 3.8) is 0 Å². The van der Waals surface area contributed by atoms with E-state index >= 15 is 0 Å². The highest BCUT2D eigenvalue weighted by Crippen LogP contribution is 2.41. The predicted molar refractivity (Wildman–Crippen MR) is 125 cm³/mol. The molecule has 5 rings (SSSR count). The van der Waals surface area contributed by atoms with Crippen molar-refractivity contribution in [3.05, 3.63) is 47.8 Å². The van der Waals surface area contributed by atoms with Crippen molar-refractivity contribution < 1.29 is 14.3 Å². The van der Waals surface area contributed by atoms with E-state index in [-0.39, 0.29) is 17.8 Å². The van der Waals surface area contributed by atoms with E-state index in [0.29, 0.717) is 19.2 Å². The number of hydrogen-bond acceptors (Lipinski definition) is 7. The summed E-state index contributed by atoms with van der Waals surface area (Å²) in [5, 5.41) is 12.5. The van der Waals surface area contributed by atoms with Crippen LogP contribution in [0.25, 0.3) is 11.4 Å². The molecule has 1 amide bonds. The third-order valence-electron chi connectivity index (χ3n) is 5.68. The number of nitrogens with zero attached hydrogens (tertiary/aromatic N) is 4. The van der Waals surface area contributed by atoms with E-state index < -0.39 is 0 Å². The minimum Gasteiger partial charge on any atom is -0.494 e. The van der Waals surface area contributed by atoms with Gasteiger partial charge in [0.15, 0.2) is 11.0 Å². The van der Waals surface area contributed by atoms with Crippen LogP contribution in [0.15, 0.2) is 41.8 Å². The molecule has 1 fully saturated rings. The smallest absolute Gasteiger partial charge is 0.230 e. The Bertz CT molecular complexity index is 1150. The molecule has 0 saturated heterocycles. The minimum atomic E-state index is -0.0643. The number of nitrogens with one attached hydrogen (secondary N) is 1. The van der Waals surface area contributed by atoms with E-state index in [1.807, 2.05) is 31.2 Å². The van der Waals surface area contributed by atoms with Gasteiger partial charge in [-0.25, -0.2) is 0 Å². The molecule has 0 bridgehead atoms. The Morgan fingerprint density at radius 1 is 1.33 bits per heavy atom. The summed E-state index contributed by atoms with van der Waals surface area (Å²) in [5.74, 6) is 2.69. The number of aromatic nitrogens is 4. The molecular formula is C24H27N5O3S. The molecule has 0 radical (unpaired) electrons. The van der Waals surface area contributed by atoms with Crippen LogP contribution >= 0.6 is 11.8 Å². The molecule has 1 aliphatic heterocycles. The fourth-order valence-electron chi connectivity index (χ4n) is 4.01. The Kier molecular flexibility index (Phi) is 6.22. The van der Waals surface area contributed by atoms with Crippen molar-refractivity contribution in [2.45, 2.75) is 57.0 Å². The SMILES string of the molecule is CCOc1cc2c(cc1CNC(=O)CSc1nnc(-c3cccnc3)n1C1CC1)O[C@@H](C)C2. The monoisotopic (exact) mass is 465 g/mol. The molecule has 2 aliphatic rings. The van der Waals surface area contributed by atoms with Gasteiger partial charge in [-0.3, -0.25) is 14.3 Å². The molecule has 1 N–H and O–H groups in total. The summed E-state index contributed by atoms with van der Waals surface area (Å²) in [6.45, 7) is 4.97. The van der Waals surface area contributed by atoms with Gasteiger partial charge in [-0.2, -0.15) is 0 Å². The van der Waals surface area contributed by atoms with E-state index in [9.17, 15) is 4.79 Å². The van der Waals surface area contributed by atoms with Crippen LogP contribution in [0.5, 0.6) is 11.5 Å². The quantitative estimate of drug-likeness (QED) is 0.481. The third-order valence-corrected chi connectivity index (χ3v) is 6.63.